The minimum atomic E-state index is -0.164. The zero-order chi connectivity index (χ0) is 13.8. The Morgan fingerprint density at radius 3 is 3.05 bits per heavy atom. The molecule has 0 spiro atoms. The van der Waals surface area contributed by atoms with Crippen molar-refractivity contribution in [2.75, 3.05) is 0 Å². The van der Waals surface area contributed by atoms with E-state index in [9.17, 15) is 4.79 Å². The van der Waals surface area contributed by atoms with Crippen molar-refractivity contribution in [1.29, 1.82) is 0 Å². The van der Waals surface area contributed by atoms with E-state index in [1.807, 2.05) is 12.1 Å². The minimum absolute atomic E-state index is 0.164. The van der Waals surface area contributed by atoms with Gasteiger partial charge in [0.1, 0.15) is 18.3 Å². The largest absolute Gasteiger partial charge is 0.357 e. The quantitative estimate of drug-likeness (QED) is 0.736. The molecule has 0 saturated carbocycles. The van der Waals surface area contributed by atoms with Crippen molar-refractivity contribution >= 4 is 5.91 Å². The highest BCUT2D eigenvalue weighted by Gasteiger charge is 2.09. The molecule has 7 nitrogen and oxygen atoms in total. The summed E-state index contributed by atoms with van der Waals surface area (Å²) in [6.45, 7) is 0.362. The number of rotatable bonds is 4. The lowest BCUT2D eigenvalue weighted by Gasteiger charge is -2.08. The van der Waals surface area contributed by atoms with Gasteiger partial charge in [-0.1, -0.05) is 6.07 Å². The standard InChI is InChI=1S/C13H12N6O/c20-13(11-4-2-5-15-11)17-7-10-3-1-6-16-12(10)19-9-14-8-18-19/h1-6,8-9,15H,7H2,(H,17,20). The third kappa shape index (κ3) is 2.41. The molecule has 0 aliphatic rings. The number of aromatic amines is 1. The molecule has 0 aliphatic heterocycles. The van der Waals surface area contributed by atoms with Crippen molar-refractivity contribution in [3.05, 3.63) is 60.6 Å². The predicted molar refractivity (Wildman–Crippen MR) is 71.1 cm³/mol. The van der Waals surface area contributed by atoms with E-state index in [1.54, 1.807) is 35.5 Å². The fourth-order valence-electron chi connectivity index (χ4n) is 1.83. The van der Waals surface area contributed by atoms with Gasteiger partial charge in [-0.05, 0) is 18.2 Å². The van der Waals surface area contributed by atoms with Crippen molar-refractivity contribution < 1.29 is 4.79 Å². The van der Waals surface area contributed by atoms with Crippen LogP contribution in [0.15, 0.2) is 49.3 Å². The highest BCUT2D eigenvalue weighted by molar-refractivity contribution is 5.92. The first-order valence-electron chi connectivity index (χ1n) is 6.05. The number of pyridine rings is 1. The minimum Gasteiger partial charge on any atom is -0.357 e. The Bertz CT molecular complexity index is 689. The molecular weight excluding hydrogens is 256 g/mol. The highest BCUT2D eigenvalue weighted by atomic mass is 16.1. The van der Waals surface area contributed by atoms with E-state index in [-0.39, 0.29) is 5.91 Å². The fourth-order valence-corrected chi connectivity index (χ4v) is 1.83. The smallest absolute Gasteiger partial charge is 0.267 e. The molecule has 3 rings (SSSR count). The summed E-state index contributed by atoms with van der Waals surface area (Å²) in [7, 11) is 0. The topological polar surface area (TPSA) is 88.5 Å². The third-order valence-electron chi connectivity index (χ3n) is 2.79. The molecule has 0 atom stereocenters. The summed E-state index contributed by atoms with van der Waals surface area (Å²) < 4.78 is 1.57. The zero-order valence-corrected chi connectivity index (χ0v) is 10.5. The predicted octanol–water partition coefficient (Wildman–Crippen LogP) is 0.920. The van der Waals surface area contributed by atoms with E-state index < -0.39 is 0 Å². The molecule has 7 heteroatoms. The number of hydrogen-bond acceptors (Lipinski definition) is 4. The number of hydrogen-bond donors (Lipinski definition) is 2. The molecule has 3 aromatic rings. The summed E-state index contributed by atoms with van der Waals surface area (Å²) in [6.07, 6.45) is 6.39. The van der Waals surface area contributed by atoms with Gasteiger partial charge in [-0.25, -0.2) is 14.6 Å². The van der Waals surface area contributed by atoms with Crippen LogP contribution in [0.5, 0.6) is 0 Å². The maximum Gasteiger partial charge on any atom is 0.267 e. The molecule has 2 N–H and O–H groups in total. The lowest BCUT2D eigenvalue weighted by molar-refractivity contribution is 0.0946. The normalized spacial score (nSPS) is 10.4. The number of amides is 1. The summed E-state index contributed by atoms with van der Waals surface area (Å²) in [4.78, 5) is 22.9. The Kier molecular flexibility index (Phi) is 3.24. The second-order valence-electron chi connectivity index (χ2n) is 4.09. The van der Waals surface area contributed by atoms with Crippen LogP contribution in [0.1, 0.15) is 16.1 Å². The van der Waals surface area contributed by atoms with Crippen molar-refractivity contribution in [3.8, 4) is 5.82 Å². The van der Waals surface area contributed by atoms with Gasteiger partial charge < -0.3 is 10.3 Å². The molecule has 20 heavy (non-hydrogen) atoms. The Labute approximate surface area is 114 Å². The van der Waals surface area contributed by atoms with Gasteiger partial charge in [0.15, 0.2) is 5.82 Å². The van der Waals surface area contributed by atoms with Crippen molar-refractivity contribution in [2.24, 2.45) is 0 Å². The van der Waals surface area contributed by atoms with Gasteiger partial charge in [-0.2, -0.15) is 5.10 Å². The van der Waals surface area contributed by atoms with Crippen molar-refractivity contribution in [1.82, 2.24) is 30.0 Å². The van der Waals surface area contributed by atoms with Crippen LogP contribution in [0.4, 0.5) is 0 Å². The monoisotopic (exact) mass is 268 g/mol. The highest BCUT2D eigenvalue weighted by Crippen LogP contribution is 2.09. The molecular formula is C13H12N6O. The van der Waals surface area contributed by atoms with E-state index in [4.69, 9.17) is 0 Å². The SMILES string of the molecule is O=C(NCc1cccnc1-n1cncn1)c1ccc[nH]1. The molecule has 0 aromatic carbocycles. The molecule has 3 heterocycles. The molecule has 0 fully saturated rings. The first kappa shape index (κ1) is 12.1. The summed E-state index contributed by atoms with van der Waals surface area (Å²) in [5, 5.41) is 6.88. The van der Waals surface area contributed by atoms with Gasteiger partial charge in [-0.15, -0.1) is 0 Å². The molecule has 0 bridgehead atoms. The zero-order valence-electron chi connectivity index (χ0n) is 10.5. The van der Waals surface area contributed by atoms with E-state index in [0.29, 0.717) is 18.1 Å². The maximum absolute atomic E-state index is 11.9. The molecule has 0 aliphatic carbocycles. The number of carbonyl (C=O) groups excluding carboxylic acids is 1. The van der Waals surface area contributed by atoms with Gasteiger partial charge in [0, 0.05) is 24.5 Å². The average molecular weight is 268 g/mol. The molecule has 0 saturated heterocycles. The first-order chi connectivity index (χ1) is 9.84. The van der Waals surface area contributed by atoms with Crippen LogP contribution in [-0.4, -0.2) is 30.6 Å². The maximum atomic E-state index is 11.9. The van der Waals surface area contributed by atoms with Gasteiger partial charge >= 0.3 is 0 Å². The third-order valence-corrected chi connectivity index (χ3v) is 2.79. The second-order valence-corrected chi connectivity index (χ2v) is 4.09. The Morgan fingerprint density at radius 1 is 1.35 bits per heavy atom. The summed E-state index contributed by atoms with van der Waals surface area (Å²) in [6, 6.07) is 7.20. The summed E-state index contributed by atoms with van der Waals surface area (Å²) in [5.41, 5.74) is 1.38. The van der Waals surface area contributed by atoms with Gasteiger partial charge in [0.25, 0.3) is 5.91 Å². The molecule has 100 valence electrons. The Balaban J connectivity index is 1.77. The van der Waals surface area contributed by atoms with Crippen LogP contribution in [-0.2, 0) is 6.54 Å². The lowest BCUT2D eigenvalue weighted by Crippen LogP contribution is -2.24. The molecule has 0 radical (unpaired) electrons. The van der Waals surface area contributed by atoms with Crippen LogP contribution in [0.2, 0.25) is 0 Å². The summed E-state index contributed by atoms with van der Waals surface area (Å²) in [5.74, 6) is 0.486. The van der Waals surface area contributed by atoms with Crippen LogP contribution >= 0.6 is 0 Å². The van der Waals surface area contributed by atoms with Crippen LogP contribution in [0.3, 0.4) is 0 Å². The molecule has 3 aromatic heterocycles. The number of nitrogens with zero attached hydrogens (tertiary/aromatic N) is 4. The van der Waals surface area contributed by atoms with Crippen LogP contribution in [0.25, 0.3) is 5.82 Å². The van der Waals surface area contributed by atoms with Crippen LogP contribution < -0.4 is 5.32 Å². The summed E-state index contributed by atoms with van der Waals surface area (Å²) >= 11 is 0. The Morgan fingerprint density at radius 2 is 2.30 bits per heavy atom. The average Bonchev–Trinajstić information content (AvgIpc) is 3.17. The Hall–Kier alpha value is -2.96. The molecule has 1 amide bonds. The number of carbonyl (C=O) groups is 1. The van der Waals surface area contributed by atoms with Gasteiger partial charge in [0.2, 0.25) is 0 Å². The van der Waals surface area contributed by atoms with Crippen molar-refractivity contribution in [3.63, 3.8) is 0 Å². The molecule has 0 unspecified atom stereocenters. The lowest BCUT2D eigenvalue weighted by atomic mass is 10.2. The number of H-pyrrole nitrogens is 1. The van der Waals surface area contributed by atoms with Crippen LogP contribution in [0, 0.1) is 0 Å². The van der Waals surface area contributed by atoms with E-state index in [2.05, 4.69) is 25.4 Å². The van der Waals surface area contributed by atoms with E-state index >= 15 is 0 Å². The van der Waals surface area contributed by atoms with Gasteiger partial charge in [0.05, 0.1) is 0 Å². The van der Waals surface area contributed by atoms with Crippen molar-refractivity contribution in [2.45, 2.75) is 6.54 Å². The second kappa shape index (κ2) is 5.35. The van der Waals surface area contributed by atoms with Gasteiger partial charge in [-0.3, -0.25) is 4.79 Å². The number of aromatic nitrogens is 5. The number of nitrogens with one attached hydrogen (secondary N) is 2. The van der Waals surface area contributed by atoms with E-state index in [0.717, 1.165) is 5.56 Å². The first-order valence-corrected chi connectivity index (χ1v) is 6.05. The fraction of sp³-hybridized carbons (Fsp3) is 0.0769. The van der Waals surface area contributed by atoms with E-state index in [1.165, 1.54) is 6.33 Å².